The van der Waals surface area contributed by atoms with E-state index in [4.69, 9.17) is 0 Å². The smallest absolute Gasteiger partial charge is 0.146 e. The molecule has 2 aliphatic rings. The van der Waals surface area contributed by atoms with E-state index in [2.05, 4.69) is 10.2 Å². The van der Waals surface area contributed by atoms with Gasteiger partial charge >= 0.3 is 0 Å². The van der Waals surface area contributed by atoms with Gasteiger partial charge in [-0.25, -0.2) is 4.39 Å². The van der Waals surface area contributed by atoms with Gasteiger partial charge in [0.15, 0.2) is 0 Å². The fraction of sp³-hybridized carbons (Fsp3) is 0.625. The molecule has 2 nitrogen and oxygen atoms in total. The van der Waals surface area contributed by atoms with Crippen molar-refractivity contribution in [3.63, 3.8) is 0 Å². The fourth-order valence-electron chi connectivity index (χ4n) is 3.83. The highest BCUT2D eigenvalue weighted by molar-refractivity contribution is 5.52. The predicted octanol–water partition coefficient (Wildman–Crippen LogP) is 3.24. The van der Waals surface area contributed by atoms with E-state index in [0.29, 0.717) is 18.1 Å². The minimum Gasteiger partial charge on any atom is -0.363 e. The molecule has 3 rings (SSSR count). The summed E-state index contributed by atoms with van der Waals surface area (Å²) in [6.07, 6.45) is 5.96. The molecule has 1 aromatic rings. The molecule has 0 amide bonds. The lowest BCUT2D eigenvalue weighted by atomic mass is 9.81. The Morgan fingerprint density at radius 3 is 2.47 bits per heavy atom. The van der Waals surface area contributed by atoms with Gasteiger partial charge in [0, 0.05) is 18.1 Å². The first kappa shape index (κ1) is 12.9. The van der Waals surface area contributed by atoms with E-state index in [-0.39, 0.29) is 5.82 Å². The highest BCUT2D eigenvalue weighted by Gasteiger charge is 2.38. The molecule has 2 saturated heterocycles. The van der Waals surface area contributed by atoms with Crippen LogP contribution in [0.2, 0.25) is 0 Å². The van der Waals surface area contributed by atoms with Crippen molar-refractivity contribution in [1.82, 2.24) is 5.32 Å². The summed E-state index contributed by atoms with van der Waals surface area (Å²) in [6, 6.07) is 7.26. The summed E-state index contributed by atoms with van der Waals surface area (Å²) in [7, 11) is 2.04. The van der Waals surface area contributed by atoms with Gasteiger partial charge in [-0.1, -0.05) is 6.07 Å². The summed E-state index contributed by atoms with van der Waals surface area (Å²) in [4.78, 5) is 2.37. The van der Waals surface area contributed by atoms with Gasteiger partial charge in [0.05, 0.1) is 5.69 Å². The molecule has 1 N–H and O–H groups in total. The Kier molecular flexibility index (Phi) is 3.48. The average Bonchev–Trinajstić information content (AvgIpc) is 2.37. The molecule has 2 fully saturated rings. The quantitative estimate of drug-likeness (QED) is 0.880. The van der Waals surface area contributed by atoms with Crippen LogP contribution in [0.4, 0.5) is 10.1 Å². The number of rotatable bonds is 2. The summed E-state index contributed by atoms with van der Waals surface area (Å²) in [5, 5.41) is 3.41. The molecule has 3 heteroatoms. The van der Waals surface area contributed by atoms with Crippen LogP contribution in [0.15, 0.2) is 18.2 Å². The number of piperidine rings is 2. The first-order valence-electron chi connectivity index (χ1n) is 7.41. The third-order valence-electron chi connectivity index (χ3n) is 4.76. The molecule has 2 unspecified atom stereocenters. The standard InChI is InChI=1S/C16H23FN2/c1-11-6-7-16(15(17)8-11)19-13-4-3-5-14(19)10-12(9-13)18-2/h6-8,12-14,18H,3-5,9-10H2,1-2H3. The maximum Gasteiger partial charge on any atom is 0.146 e. The molecule has 0 radical (unpaired) electrons. The maximum absolute atomic E-state index is 14.3. The molecule has 2 bridgehead atoms. The molecule has 0 aromatic heterocycles. The van der Waals surface area contributed by atoms with Crippen molar-refractivity contribution >= 4 is 5.69 Å². The lowest BCUT2D eigenvalue weighted by molar-refractivity contribution is 0.250. The summed E-state index contributed by atoms with van der Waals surface area (Å²) in [6.45, 7) is 1.95. The van der Waals surface area contributed by atoms with Crippen molar-refractivity contribution in [2.45, 2.75) is 57.2 Å². The Morgan fingerprint density at radius 2 is 1.89 bits per heavy atom. The van der Waals surface area contributed by atoms with Crippen molar-refractivity contribution in [2.24, 2.45) is 0 Å². The molecule has 2 atom stereocenters. The monoisotopic (exact) mass is 262 g/mol. The minimum atomic E-state index is -0.0557. The Balaban J connectivity index is 1.91. The normalized spacial score (nSPS) is 30.5. The second kappa shape index (κ2) is 5.12. The first-order chi connectivity index (χ1) is 9.19. The summed E-state index contributed by atoms with van der Waals surface area (Å²) in [5.74, 6) is -0.0557. The number of nitrogens with one attached hydrogen (secondary N) is 1. The molecular formula is C16H23FN2. The lowest BCUT2D eigenvalue weighted by Gasteiger charge is -2.50. The third-order valence-corrected chi connectivity index (χ3v) is 4.76. The second-order valence-corrected chi connectivity index (χ2v) is 6.06. The summed E-state index contributed by atoms with van der Waals surface area (Å²) < 4.78 is 14.3. The van der Waals surface area contributed by atoms with Crippen molar-refractivity contribution in [2.75, 3.05) is 11.9 Å². The van der Waals surface area contributed by atoms with Crippen LogP contribution in [0.1, 0.15) is 37.7 Å². The number of nitrogens with zero attached hydrogens (tertiary/aromatic N) is 1. The van der Waals surface area contributed by atoms with Crippen molar-refractivity contribution in [1.29, 1.82) is 0 Å². The minimum absolute atomic E-state index is 0.0557. The van der Waals surface area contributed by atoms with Crippen LogP contribution in [0, 0.1) is 12.7 Å². The number of aryl methyl sites for hydroxylation is 1. The zero-order chi connectivity index (χ0) is 13.4. The molecule has 2 aliphatic heterocycles. The van der Waals surface area contributed by atoms with E-state index in [9.17, 15) is 4.39 Å². The van der Waals surface area contributed by atoms with Crippen LogP contribution in [0.3, 0.4) is 0 Å². The maximum atomic E-state index is 14.3. The van der Waals surface area contributed by atoms with Gasteiger partial charge in [0.1, 0.15) is 5.82 Å². The van der Waals surface area contributed by atoms with Crippen LogP contribution in [-0.2, 0) is 0 Å². The number of anilines is 1. The fourth-order valence-corrected chi connectivity index (χ4v) is 3.83. The lowest BCUT2D eigenvalue weighted by Crippen LogP contribution is -2.56. The van der Waals surface area contributed by atoms with E-state index in [1.165, 1.54) is 19.3 Å². The molecule has 19 heavy (non-hydrogen) atoms. The molecular weight excluding hydrogens is 239 g/mol. The predicted molar refractivity (Wildman–Crippen MR) is 77.1 cm³/mol. The Morgan fingerprint density at radius 1 is 1.21 bits per heavy atom. The van der Waals surface area contributed by atoms with Crippen molar-refractivity contribution in [3.05, 3.63) is 29.6 Å². The highest BCUT2D eigenvalue weighted by atomic mass is 19.1. The molecule has 0 aliphatic carbocycles. The zero-order valence-electron chi connectivity index (χ0n) is 11.8. The molecule has 2 heterocycles. The Bertz CT molecular complexity index is 446. The van der Waals surface area contributed by atoms with Crippen LogP contribution < -0.4 is 10.2 Å². The molecule has 0 saturated carbocycles. The van der Waals surface area contributed by atoms with E-state index < -0.39 is 0 Å². The summed E-state index contributed by atoms with van der Waals surface area (Å²) >= 11 is 0. The van der Waals surface area contributed by atoms with Crippen LogP contribution in [-0.4, -0.2) is 25.2 Å². The van der Waals surface area contributed by atoms with Gasteiger partial charge in [-0.05, 0) is 63.8 Å². The average molecular weight is 262 g/mol. The van der Waals surface area contributed by atoms with Crippen LogP contribution in [0.5, 0.6) is 0 Å². The van der Waals surface area contributed by atoms with E-state index >= 15 is 0 Å². The van der Waals surface area contributed by atoms with E-state index in [1.54, 1.807) is 6.07 Å². The third kappa shape index (κ3) is 2.36. The van der Waals surface area contributed by atoms with Crippen LogP contribution >= 0.6 is 0 Å². The number of fused-ring (bicyclic) bond motifs is 2. The number of hydrogen-bond acceptors (Lipinski definition) is 2. The Hall–Kier alpha value is -1.09. The van der Waals surface area contributed by atoms with Gasteiger partial charge in [-0.15, -0.1) is 0 Å². The number of halogens is 1. The van der Waals surface area contributed by atoms with Gasteiger partial charge in [-0.3, -0.25) is 0 Å². The van der Waals surface area contributed by atoms with Gasteiger partial charge in [0.25, 0.3) is 0 Å². The number of hydrogen-bond donors (Lipinski definition) is 1. The molecule has 104 valence electrons. The first-order valence-corrected chi connectivity index (χ1v) is 7.41. The van der Waals surface area contributed by atoms with Gasteiger partial charge in [-0.2, -0.15) is 0 Å². The van der Waals surface area contributed by atoms with E-state index in [1.807, 2.05) is 26.1 Å². The topological polar surface area (TPSA) is 15.3 Å². The van der Waals surface area contributed by atoms with Crippen molar-refractivity contribution < 1.29 is 4.39 Å². The zero-order valence-corrected chi connectivity index (χ0v) is 11.8. The van der Waals surface area contributed by atoms with Crippen molar-refractivity contribution in [3.8, 4) is 0 Å². The molecule has 0 spiro atoms. The second-order valence-electron chi connectivity index (χ2n) is 6.06. The summed E-state index contributed by atoms with van der Waals surface area (Å²) in [5.41, 5.74) is 1.81. The van der Waals surface area contributed by atoms with E-state index in [0.717, 1.165) is 24.1 Å². The van der Waals surface area contributed by atoms with Gasteiger partial charge < -0.3 is 10.2 Å². The molecule has 1 aromatic carbocycles. The number of benzene rings is 1. The Labute approximate surface area is 115 Å². The SMILES string of the molecule is CNC1CC2CCCC(C1)N2c1ccc(C)cc1F. The highest BCUT2D eigenvalue weighted by Crippen LogP contribution is 2.38. The van der Waals surface area contributed by atoms with Crippen LogP contribution in [0.25, 0.3) is 0 Å². The largest absolute Gasteiger partial charge is 0.363 e. The van der Waals surface area contributed by atoms with Gasteiger partial charge in [0.2, 0.25) is 0 Å².